The van der Waals surface area contributed by atoms with Gasteiger partial charge in [-0.2, -0.15) is 11.8 Å². The van der Waals surface area contributed by atoms with Crippen molar-refractivity contribution in [2.75, 3.05) is 64.2 Å². The molecular weight excluding hydrogens is 408 g/mol. The van der Waals surface area contributed by atoms with Crippen molar-refractivity contribution in [1.29, 1.82) is 0 Å². The molecule has 1 saturated heterocycles. The fourth-order valence-electron chi connectivity index (χ4n) is 3.68. The SMILES string of the molecule is COc1cccc(C(CNC(=O)Nc2ccc(CCN3CCSCC3)cc2)N(C)C)c1. The van der Waals surface area contributed by atoms with Crippen molar-refractivity contribution >= 4 is 23.5 Å². The molecule has 2 aromatic rings. The smallest absolute Gasteiger partial charge is 0.319 e. The van der Waals surface area contributed by atoms with Gasteiger partial charge in [0.25, 0.3) is 0 Å². The molecule has 1 fully saturated rings. The van der Waals surface area contributed by atoms with E-state index >= 15 is 0 Å². The minimum Gasteiger partial charge on any atom is -0.497 e. The summed E-state index contributed by atoms with van der Waals surface area (Å²) < 4.78 is 5.33. The van der Waals surface area contributed by atoms with Crippen LogP contribution < -0.4 is 15.4 Å². The maximum atomic E-state index is 12.4. The van der Waals surface area contributed by atoms with E-state index in [0.29, 0.717) is 6.54 Å². The predicted octanol–water partition coefficient (Wildman–Crippen LogP) is 3.71. The first-order valence-corrected chi connectivity index (χ1v) is 11.9. The Morgan fingerprint density at radius 2 is 1.90 bits per heavy atom. The second kappa shape index (κ2) is 12.0. The molecule has 1 heterocycles. The number of carbonyl (C=O) groups excluding carboxylic acids is 1. The highest BCUT2D eigenvalue weighted by Gasteiger charge is 2.16. The largest absolute Gasteiger partial charge is 0.497 e. The monoisotopic (exact) mass is 442 g/mol. The van der Waals surface area contributed by atoms with Crippen LogP contribution in [0.15, 0.2) is 48.5 Å². The third-order valence-electron chi connectivity index (χ3n) is 5.59. The zero-order chi connectivity index (χ0) is 22.1. The summed E-state index contributed by atoms with van der Waals surface area (Å²) >= 11 is 2.04. The van der Waals surface area contributed by atoms with Gasteiger partial charge in [0.1, 0.15) is 5.75 Å². The van der Waals surface area contributed by atoms with Gasteiger partial charge in [-0.1, -0.05) is 24.3 Å². The number of nitrogens with zero attached hydrogens (tertiary/aromatic N) is 2. The fourth-order valence-corrected chi connectivity index (χ4v) is 4.66. The van der Waals surface area contributed by atoms with E-state index in [1.54, 1.807) is 7.11 Å². The van der Waals surface area contributed by atoms with Crippen LogP contribution in [0.4, 0.5) is 10.5 Å². The molecule has 168 valence electrons. The number of nitrogens with one attached hydrogen (secondary N) is 2. The molecule has 31 heavy (non-hydrogen) atoms. The first kappa shape index (κ1) is 23.4. The molecule has 2 amide bonds. The Labute approximate surface area is 190 Å². The average molecular weight is 443 g/mol. The third-order valence-corrected chi connectivity index (χ3v) is 6.53. The van der Waals surface area contributed by atoms with Crippen LogP contribution in [0.5, 0.6) is 5.75 Å². The minimum absolute atomic E-state index is 0.0522. The highest BCUT2D eigenvalue weighted by atomic mass is 32.2. The number of ether oxygens (including phenoxy) is 1. The number of amides is 2. The van der Waals surface area contributed by atoms with Gasteiger partial charge in [-0.25, -0.2) is 4.79 Å². The van der Waals surface area contributed by atoms with Gasteiger partial charge < -0.3 is 25.2 Å². The van der Waals surface area contributed by atoms with E-state index in [0.717, 1.165) is 30.0 Å². The van der Waals surface area contributed by atoms with Crippen molar-refractivity contribution in [3.05, 3.63) is 59.7 Å². The van der Waals surface area contributed by atoms with Gasteiger partial charge in [0.2, 0.25) is 0 Å². The zero-order valence-corrected chi connectivity index (χ0v) is 19.6. The summed E-state index contributed by atoms with van der Waals surface area (Å²) in [4.78, 5) is 17.1. The van der Waals surface area contributed by atoms with E-state index in [1.165, 1.54) is 30.2 Å². The minimum atomic E-state index is -0.201. The highest BCUT2D eigenvalue weighted by molar-refractivity contribution is 7.99. The van der Waals surface area contributed by atoms with Gasteiger partial charge in [0, 0.05) is 43.4 Å². The number of benzene rings is 2. The van der Waals surface area contributed by atoms with Crippen LogP contribution in [0, 0.1) is 0 Å². The number of rotatable bonds is 9. The molecule has 0 aliphatic carbocycles. The Morgan fingerprint density at radius 1 is 1.16 bits per heavy atom. The van der Waals surface area contributed by atoms with Crippen LogP contribution in [-0.4, -0.2) is 74.7 Å². The summed E-state index contributed by atoms with van der Waals surface area (Å²) in [5.74, 6) is 3.29. The summed E-state index contributed by atoms with van der Waals surface area (Å²) in [5.41, 5.74) is 3.20. The Morgan fingerprint density at radius 3 is 2.58 bits per heavy atom. The van der Waals surface area contributed by atoms with Crippen molar-refractivity contribution in [2.45, 2.75) is 12.5 Å². The molecule has 0 spiro atoms. The first-order chi connectivity index (χ1) is 15.0. The Kier molecular flexibility index (Phi) is 9.06. The summed E-state index contributed by atoms with van der Waals surface area (Å²) in [6.45, 7) is 3.98. The molecule has 2 N–H and O–H groups in total. The average Bonchev–Trinajstić information content (AvgIpc) is 2.79. The van der Waals surface area contributed by atoms with Gasteiger partial charge >= 0.3 is 6.03 Å². The second-order valence-corrected chi connectivity index (χ2v) is 9.22. The first-order valence-electron chi connectivity index (χ1n) is 10.8. The predicted molar refractivity (Wildman–Crippen MR) is 130 cm³/mol. The van der Waals surface area contributed by atoms with Gasteiger partial charge in [0.05, 0.1) is 13.2 Å². The number of anilines is 1. The van der Waals surface area contributed by atoms with Crippen molar-refractivity contribution in [3.63, 3.8) is 0 Å². The Balaban J connectivity index is 1.47. The molecule has 1 unspecified atom stereocenters. The standard InChI is InChI=1S/C24H34N4O2S/c1-27(2)23(20-5-4-6-22(17-20)30-3)18-25-24(29)26-21-9-7-19(8-10-21)11-12-28-13-15-31-16-14-28/h4-10,17,23H,11-16,18H2,1-3H3,(H2,25,26,29). The maximum Gasteiger partial charge on any atom is 0.319 e. The lowest BCUT2D eigenvalue weighted by Gasteiger charge is -2.26. The van der Waals surface area contributed by atoms with Gasteiger partial charge in [-0.3, -0.25) is 0 Å². The van der Waals surface area contributed by atoms with Gasteiger partial charge in [-0.05, 0) is 55.9 Å². The summed E-state index contributed by atoms with van der Waals surface area (Å²) in [6.07, 6.45) is 1.04. The number of hydrogen-bond acceptors (Lipinski definition) is 5. The molecule has 7 heteroatoms. The number of urea groups is 1. The van der Waals surface area contributed by atoms with Crippen LogP contribution in [0.1, 0.15) is 17.2 Å². The zero-order valence-electron chi connectivity index (χ0n) is 18.8. The van der Waals surface area contributed by atoms with Crippen LogP contribution in [-0.2, 0) is 6.42 Å². The van der Waals surface area contributed by atoms with Crippen molar-refractivity contribution in [2.24, 2.45) is 0 Å². The molecule has 1 aliphatic heterocycles. The van der Waals surface area contributed by atoms with Crippen LogP contribution in [0.3, 0.4) is 0 Å². The fraction of sp³-hybridized carbons (Fsp3) is 0.458. The van der Waals surface area contributed by atoms with Crippen LogP contribution >= 0.6 is 11.8 Å². The topological polar surface area (TPSA) is 56.8 Å². The van der Waals surface area contributed by atoms with Gasteiger partial charge in [-0.15, -0.1) is 0 Å². The van der Waals surface area contributed by atoms with E-state index in [9.17, 15) is 4.79 Å². The van der Waals surface area contributed by atoms with E-state index in [-0.39, 0.29) is 12.1 Å². The maximum absolute atomic E-state index is 12.4. The van der Waals surface area contributed by atoms with Gasteiger partial charge in [0.15, 0.2) is 0 Å². The van der Waals surface area contributed by atoms with Crippen molar-refractivity contribution < 1.29 is 9.53 Å². The molecule has 0 radical (unpaired) electrons. The lowest BCUT2D eigenvalue weighted by atomic mass is 10.1. The molecule has 1 aliphatic rings. The van der Waals surface area contributed by atoms with Crippen LogP contribution in [0.25, 0.3) is 0 Å². The summed E-state index contributed by atoms with van der Waals surface area (Å²) in [7, 11) is 5.67. The number of methoxy groups -OCH3 is 1. The van der Waals surface area contributed by atoms with Crippen LogP contribution in [0.2, 0.25) is 0 Å². The lowest BCUT2D eigenvalue weighted by molar-refractivity contribution is 0.243. The Hall–Kier alpha value is -2.22. The molecule has 0 bridgehead atoms. The van der Waals surface area contributed by atoms with E-state index in [2.05, 4.69) is 32.6 Å². The number of likely N-dealkylation sites (N-methyl/N-ethyl adjacent to an activating group) is 1. The Bertz CT molecular complexity index is 823. The number of thioether (sulfide) groups is 1. The van der Waals surface area contributed by atoms with Crippen molar-refractivity contribution in [1.82, 2.24) is 15.1 Å². The van der Waals surface area contributed by atoms with E-state index in [4.69, 9.17) is 4.74 Å². The molecular formula is C24H34N4O2S. The molecule has 1 atom stereocenters. The molecule has 3 rings (SSSR count). The lowest BCUT2D eigenvalue weighted by Crippen LogP contribution is -2.36. The van der Waals surface area contributed by atoms with Crippen molar-refractivity contribution in [3.8, 4) is 5.75 Å². The number of carbonyl (C=O) groups is 1. The molecule has 2 aromatic carbocycles. The third kappa shape index (κ3) is 7.45. The second-order valence-electron chi connectivity index (χ2n) is 7.99. The summed E-state index contributed by atoms with van der Waals surface area (Å²) in [5, 5.41) is 5.93. The normalized spacial score (nSPS) is 15.5. The molecule has 0 aromatic heterocycles. The number of hydrogen-bond donors (Lipinski definition) is 2. The quantitative estimate of drug-likeness (QED) is 0.620. The van der Waals surface area contributed by atoms with E-state index in [1.807, 2.05) is 62.3 Å². The summed E-state index contributed by atoms with van der Waals surface area (Å²) in [6, 6.07) is 16.0. The molecule has 6 nitrogen and oxygen atoms in total. The highest BCUT2D eigenvalue weighted by Crippen LogP contribution is 2.22. The molecule has 0 saturated carbocycles. The van der Waals surface area contributed by atoms with E-state index < -0.39 is 0 Å².